The summed E-state index contributed by atoms with van der Waals surface area (Å²) >= 11 is 8.52. The van der Waals surface area contributed by atoms with Crippen LogP contribution >= 0.6 is 43.2 Å². The van der Waals surface area contributed by atoms with Crippen LogP contribution in [0.4, 0.5) is 0 Å². The molecule has 1 unspecified atom stereocenters. The Morgan fingerprint density at radius 3 is 2.47 bits per heavy atom. The van der Waals surface area contributed by atoms with Crippen molar-refractivity contribution in [2.24, 2.45) is 0 Å². The van der Waals surface area contributed by atoms with Gasteiger partial charge in [0.2, 0.25) is 0 Å². The second-order valence-electron chi connectivity index (χ2n) is 4.91. The Morgan fingerprint density at radius 2 is 1.79 bits per heavy atom. The largest absolute Gasteiger partial charge is 0.383 e. The van der Waals surface area contributed by atoms with Crippen molar-refractivity contribution in [2.75, 3.05) is 0 Å². The number of halogens is 2. The fourth-order valence-corrected chi connectivity index (χ4v) is 4.69. The molecule has 0 saturated heterocycles. The van der Waals surface area contributed by atoms with Crippen molar-refractivity contribution < 1.29 is 5.11 Å². The average molecular weight is 402 g/mol. The third-order valence-corrected chi connectivity index (χ3v) is 6.93. The van der Waals surface area contributed by atoms with Gasteiger partial charge in [-0.2, -0.15) is 0 Å². The minimum absolute atomic E-state index is 0.528. The zero-order valence-corrected chi connectivity index (χ0v) is 14.3. The van der Waals surface area contributed by atoms with E-state index in [0.717, 1.165) is 25.1 Å². The van der Waals surface area contributed by atoms with Gasteiger partial charge in [0.15, 0.2) is 0 Å². The number of thiophene rings is 1. The van der Waals surface area contributed by atoms with E-state index in [1.807, 2.05) is 6.07 Å². The van der Waals surface area contributed by atoms with Crippen molar-refractivity contribution in [3.8, 4) is 0 Å². The zero-order valence-electron chi connectivity index (χ0n) is 10.3. The van der Waals surface area contributed by atoms with Gasteiger partial charge in [0.1, 0.15) is 6.10 Å². The van der Waals surface area contributed by atoms with Crippen molar-refractivity contribution in [2.45, 2.75) is 31.8 Å². The molecule has 0 saturated carbocycles. The lowest BCUT2D eigenvalue weighted by Crippen LogP contribution is -2.05. The van der Waals surface area contributed by atoms with E-state index in [1.165, 1.54) is 30.4 Å². The number of benzene rings is 1. The number of hydrogen-bond acceptors (Lipinski definition) is 2. The number of aliphatic hydroxyl groups excluding tert-OH is 1. The maximum atomic E-state index is 10.5. The van der Waals surface area contributed by atoms with E-state index >= 15 is 0 Å². The first-order chi connectivity index (χ1) is 9.15. The van der Waals surface area contributed by atoms with Crippen LogP contribution in [0.25, 0.3) is 0 Å². The number of aliphatic hydroxyl groups is 1. The van der Waals surface area contributed by atoms with E-state index in [0.29, 0.717) is 0 Å². The molecule has 4 heteroatoms. The first-order valence-electron chi connectivity index (χ1n) is 6.39. The van der Waals surface area contributed by atoms with Crippen LogP contribution in [0, 0.1) is 0 Å². The maximum Gasteiger partial charge on any atom is 0.113 e. The topological polar surface area (TPSA) is 20.2 Å². The van der Waals surface area contributed by atoms with Gasteiger partial charge in [0, 0.05) is 9.35 Å². The van der Waals surface area contributed by atoms with Gasteiger partial charge in [0.05, 0.1) is 3.79 Å². The lowest BCUT2D eigenvalue weighted by molar-refractivity contribution is 0.224. The molecule has 1 N–H and O–H groups in total. The summed E-state index contributed by atoms with van der Waals surface area (Å²) in [6, 6.07) is 8.42. The molecule has 19 heavy (non-hydrogen) atoms. The van der Waals surface area contributed by atoms with Gasteiger partial charge in [0.25, 0.3) is 0 Å². The normalized spacial score (nSPS) is 16.2. The SMILES string of the molecule is OC(c1ccc2c(c1)CCCC2)c1cc(Br)c(Br)s1. The van der Waals surface area contributed by atoms with Crippen LogP contribution in [0.2, 0.25) is 0 Å². The highest BCUT2D eigenvalue weighted by Crippen LogP contribution is 2.38. The maximum absolute atomic E-state index is 10.5. The van der Waals surface area contributed by atoms with Gasteiger partial charge >= 0.3 is 0 Å². The van der Waals surface area contributed by atoms with E-state index in [-0.39, 0.29) is 0 Å². The first-order valence-corrected chi connectivity index (χ1v) is 8.80. The Labute approximate surface area is 133 Å². The molecular formula is C15H14Br2OS. The Hall–Kier alpha value is -0.160. The van der Waals surface area contributed by atoms with Crippen LogP contribution in [0.1, 0.15) is 40.5 Å². The summed E-state index contributed by atoms with van der Waals surface area (Å²) in [4.78, 5) is 0.967. The molecule has 100 valence electrons. The minimum Gasteiger partial charge on any atom is -0.383 e. The summed E-state index contributed by atoms with van der Waals surface area (Å²) in [5, 5.41) is 10.5. The number of hydrogen-bond donors (Lipinski definition) is 1. The summed E-state index contributed by atoms with van der Waals surface area (Å²) < 4.78 is 2.03. The van der Waals surface area contributed by atoms with Crippen LogP contribution in [-0.2, 0) is 12.8 Å². The molecule has 0 radical (unpaired) electrons. The van der Waals surface area contributed by atoms with Crippen LogP contribution in [0.3, 0.4) is 0 Å². The van der Waals surface area contributed by atoms with E-state index in [1.54, 1.807) is 11.3 Å². The van der Waals surface area contributed by atoms with Crippen molar-refractivity contribution in [3.05, 3.63) is 54.1 Å². The minimum atomic E-state index is -0.528. The van der Waals surface area contributed by atoms with Gasteiger partial charge in [-0.15, -0.1) is 11.3 Å². The highest BCUT2D eigenvalue weighted by molar-refractivity contribution is 9.13. The van der Waals surface area contributed by atoms with Crippen molar-refractivity contribution in [1.82, 2.24) is 0 Å². The van der Waals surface area contributed by atoms with Gasteiger partial charge in [-0.25, -0.2) is 0 Å². The highest BCUT2D eigenvalue weighted by atomic mass is 79.9. The third kappa shape index (κ3) is 2.82. The Morgan fingerprint density at radius 1 is 1.05 bits per heavy atom. The van der Waals surface area contributed by atoms with Crippen molar-refractivity contribution in [3.63, 3.8) is 0 Å². The number of rotatable bonds is 2. The standard InChI is InChI=1S/C15H14Br2OS/c16-12-8-13(19-15(12)17)14(18)11-6-5-9-3-1-2-4-10(9)7-11/h5-8,14,18H,1-4H2. The van der Waals surface area contributed by atoms with E-state index in [4.69, 9.17) is 0 Å². The molecule has 3 rings (SSSR count). The molecule has 0 aliphatic heterocycles. The molecule has 1 atom stereocenters. The van der Waals surface area contributed by atoms with Crippen LogP contribution < -0.4 is 0 Å². The molecule has 0 amide bonds. The van der Waals surface area contributed by atoms with Crippen molar-refractivity contribution in [1.29, 1.82) is 0 Å². The molecule has 0 spiro atoms. The summed E-state index contributed by atoms with van der Waals surface area (Å²) in [5.74, 6) is 0. The Balaban J connectivity index is 1.93. The molecule has 1 aromatic heterocycles. The quantitative estimate of drug-likeness (QED) is 0.729. The highest BCUT2D eigenvalue weighted by Gasteiger charge is 2.17. The van der Waals surface area contributed by atoms with E-state index in [9.17, 15) is 5.11 Å². The second-order valence-corrected chi connectivity index (χ2v) is 8.16. The van der Waals surface area contributed by atoms with Crippen LogP contribution in [-0.4, -0.2) is 5.11 Å². The van der Waals surface area contributed by atoms with Crippen molar-refractivity contribution >= 4 is 43.2 Å². The fraction of sp³-hybridized carbons (Fsp3) is 0.333. The number of aryl methyl sites for hydroxylation is 2. The van der Waals surface area contributed by atoms with Crippen LogP contribution in [0.5, 0.6) is 0 Å². The fourth-order valence-electron chi connectivity index (χ4n) is 2.59. The van der Waals surface area contributed by atoms with Crippen LogP contribution in [0.15, 0.2) is 32.5 Å². The molecule has 1 heterocycles. The van der Waals surface area contributed by atoms with E-state index in [2.05, 4.69) is 50.1 Å². The Kier molecular flexibility index (Phi) is 4.13. The molecule has 1 nitrogen and oxygen atoms in total. The van der Waals surface area contributed by atoms with Gasteiger partial charge in [-0.05, 0) is 80.3 Å². The molecular weight excluding hydrogens is 388 g/mol. The molecule has 1 aliphatic carbocycles. The monoisotopic (exact) mass is 400 g/mol. The molecule has 1 aromatic carbocycles. The Bertz CT molecular complexity index is 587. The zero-order chi connectivity index (χ0) is 13.4. The summed E-state index contributed by atoms with van der Waals surface area (Å²) in [5.41, 5.74) is 3.87. The van der Waals surface area contributed by atoms with E-state index < -0.39 is 6.10 Å². The third-order valence-electron chi connectivity index (χ3n) is 3.62. The molecule has 0 fully saturated rings. The summed E-state index contributed by atoms with van der Waals surface area (Å²) in [7, 11) is 0. The molecule has 2 aromatic rings. The predicted molar refractivity (Wildman–Crippen MR) is 86.9 cm³/mol. The molecule has 0 bridgehead atoms. The lowest BCUT2D eigenvalue weighted by atomic mass is 9.89. The summed E-state index contributed by atoms with van der Waals surface area (Å²) in [6.07, 6.45) is 4.36. The average Bonchev–Trinajstić information content (AvgIpc) is 2.77. The van der Waals surface area contributed by atoms with Gasteiger partial charge in [-0.1, -0.05) is 18.2 Å². The summed E-state index contributed by atoms with van der Waals surface area (Å²) in [6.45, 7) is 0. The number of fused-ring (bicyclic) bond motifs is 1. The van der Waals surface area contributed by atoms with Gasteiger partial charge in [-0.3, -0.25) is 0 Å². The molecule has 1 aliphatic rings. The first kappa shape index (κ1) is 13.8. The lowest BCUT2D eigenvalue weighted by Gasteiger charge is -2.18. The second kappa shape index (κ2) is 5.68. The predicted octanol–water partition coefficient (Wildman–Crippen LogP) is 5.23. The smallest absolute Gasteiger partial charge is 0.113 e. The van der Waals surface area contributed by atoms with Gasteiger partial charge < -0.3 is 5.11 Å².